The lowest BCUT2D eigenvalue weighted by Crippen LogP contribution is -2.41. The van der Waals surface area contributed by atoms with E-state index in [1.807, 2.05) is 11.0 Å². The molecule has 0 unspecified atom stereocenters. The number of aromatic nitrogens is 2. The second kappa shape index (κ2) is 6.26. The number of hydrogen-bond acceptors (Lipinski definition) is 2. The predicted octanol–water partition coefficient (Wildman–Crippen LogP) is 3.84. The topological polar surface area (TPSA) is 61.0 Å². The molecule has 5 nitrogen and oxygen atoms in total. The fourth-order valence-corrected chi connectivity index (χ4v) is 3.44. The van der Waals surface area contributed by atoms with Gasteiger partial charge in [-0.25, -0.2) is 9.18 Å². The largest absolute Gasteiger partial charge is 0.324 e. The highest BCUT2D eigenvalue weighted by Crippen LogP contribution is 2.42. The first-order chi connectivity index (χ1) is 11.7. The third-order valence-corrected chi connectivity index (χ3v) is 4.94. The van der Waals surface area contributed by atoms with Gasteiger partial charge in [0.15, 0.2) is 0 Å². The van der Waals surface area contributed by atoms with Crippen molar-refractivity contribution in [1.82, 2.24) is 15.1 Å². The molecule has 1 saturated carbocycles. The first-order valence-corrected chi connectivity index (χ1v) is 8.55. The number of likely N-dealkylation sites (tertiary alicyclic amines) is 1. The van der Waals surface area contributed by atoms with Crippen LogP contribution in [-0.4, -0.2) is 34.2 Å². The smallest absolute Gasteiger partial charge is 0.321 e. The molecule has 6 heteroatoms. The molecule has 1 saturated heterocycles. The minimum atomic E-state index is -0.173. The Morgan fingerprint density at radius 3 is 2.88 bits per heavy atom. The van der Waals surface area contributed by atoms with Crippen LogP contribution in [0.3, 0.4) is 0 Å². The summed E-state index contributed by atoms with van der Waals surface area (Å²) in [5, 5.41) is 9.92. The molecular weight excluding hydrogens is 307 g/mol. The van der Waals surface area contributed by atoms with E-state index < -0.39 is 0 Å². The van der Waals surface area contributed by atoms with E-state index in [9.17, 15) is 9.18 Å². The molecule has 126 valence electrons. The first-order valence-electron chi connectivity index (χ1n) is 8.55. The van der Waals surface area contributed by atoms with E-state index in [1.165, 1.54) is 6.07 Å². The SMILES string of the molecule is O=C(Nc1ccc(F)c(C2CC2)c1)N1CCC[C@H](c2ccn[nH]2)C1. The summed E-state index contributed by atoms with van der Waals surface area (Å²) in [6, 6.07) is 6.71. The Balaban J connectivity index is 1.43. The van der Waals surface area contributed by atoms with Crippen molar-refractivity contribution in [1.29, 1.82) is 0 Å². The number of carbonyl (C=O) groups is 1. The number of H-pyrrole nitrogens is 1. The van der Waals surface area contributed by atoms with E-state index in [4.69, 9.17) is 0 Å². The van der Waals surface area contributed by atoms with Crippen LogP contribution in [0.25, 0.3) is 0 Å². The second-order valence-electron chi connectivity index (χ2n) is 6.74. The zero-order valence-corrected chi connectivity index (χ0v) is 13.5. The van der Waals surface area contributed by atoms with Crippen LogP contribution in [0.15, 0.2) is 30.5 Å². The normalized spacial score (nSPS) is 20.9. The molecule has 0 bridgehead atoms. The maximum atomic E-state index is 13.8. The number of nitrogens with zero attached hydrogens (tertiary/aromatic N) is 2. The lowest BCUT2D eigenvalue weighted by atomic mass is 9.95. The van der Waals surface area contributed by atoms with Crippen molar-refractivity contribution in [2.45, 2.75) is 37.5 Å². The van der Waals surface area contributed by atoms with Crippen molar-refractivity contribution >= 4 is 11.7 Å². The molecule has 2 N–H and O–H groups in total. The molecule has 1 atom stereocenters. The third kappa shape index (κ3) is 3.13. The van der Waals surface area contributed by atoms with Gasteiger partial charge in [0.2, 0.25) is 0 Å². The Bertz CT molecular complexity index is 727. The number of piperidine rings is 1. The van der Waals surface area contributed by atoms with Gasteiger partial charge in [-0.2, -0.15) is 5.10 Å². The van der Waals surface area contributed by atoms with Gasteiger partial charge in [0.1, 0.15) is 5.82 Å². The fourth-order valence-electron chi connectivity index (χ4n) is 3.44. The lowest BCUT2D eigenvalue weighted by molar-refractivity contribution is 0.192. The van der Waals surface area contributed by atoms with E-state index in [-0.39, 0.29) is 11.8 Å². The van der Waals surface area contributed by atoms with Crippen LogP contribution in [0.4, 0.5) is 14.9 Å². The molecule has 1 aliphatic heterocycles. The number of aromatic amines is 1. The van der Waals surface area contributed by atoms with Crippen LogP contribution in [0.5, 0.6) is 0 Å². The zero-order valence-electron chi connectivity index (χ0n) is 13.5. The van der Waals surface area contributed by atoms with Gasteiger partial charge in [-0.05, 0) is 61.4 Å². The molecule has 2 heterocycles. The molecular formula is C18H21FN4O. The predicted molar refractivity (Wildman–Crippen MR) is 89.5 cm³/mol. The highest BCUT2D eigenvalue weighted by atomic mass is 19.1. The van der Waals surface area contributed by atoms with Crippen molar-refractivity contribution in [3.63, 3.8) is 0 Å². The number of anilines is 1. The van der Waals surface area contributed by atoms with E-state index >= 15 is 0 Å². The number of halogens is 1. The maximum Gasteiger partial charge on any atom is 0.321 e. The van der Waals surface area contributed by atoms with E-state index in [0.29, 0.717) is 24.1 Å². The van der Waals surface area contributed by atoms with Gasteiger partial charge in [-0.3, -0.25) is 5.10 Å². The molecule has 2 aliphatic rings. The summed E-state index contributed by atoms with van der Waals surface area (Å²) >= 11 is 0. The third-order valence-electron chi connectivity index (χ3n) is 4.94. The van der Waals surface area contributed by atoms with Crippen LogP contribution in [0.1, 0.15) is 48.8 Å². The molecule has 2 amide bonds. The highest BCUT2D eigenvalue weighted by molar-refractivity contribution is 5.89. The number of amides is 2. The summed E-state index contributed by atoms with van der Waals surface area (Å²) in [5.74, 6) is 0.441. The van der Waals surface area contributed by atoms with Gasteiger partial charge in [-0.15, -0.1) is 0 Å². The minimum Gasteiger partial charge on any atom is -0.324 e. The Morgan fingerprint density at radius 2 is 2.12 bits per heavy atom. The van der Waals surface area contributed by atoms with Crippen molar-refractivity contribution in [2.24, 2.45) is 0 Å². The molecule has 2 aromatic rings. The number of hydrogen-bond donors (Lipinski definition) is 2. The van der Waals surface area contributed by atoms with Crippen molar-refractivity contribution in [3.05, 3.63) is 47.5 Å². The molecule has 1 aromatic heterocycles. The van der Waals surface area contributed by atoms with Crippen molar-refractivity contribution < 1.29 is 9.18 Å². The Hall–Kier alpha value is -2.37. The van der Waals surface area contributed by atoms with Crippen molar-refractivity contribution in [3.8, 4) is 0 Å². The second-order valence-corrected chi connectivity index (χ2v) is 6.74. The number of benzene rings is 1. The maximum absolute atomic E-state index is 13.8. The first kappa shape index (κ1) is 15.2. The Morgan fingerprint density at radius 1 is 1.25 bits per heavy atom. The fraction of sp³-hybridized carbons (Fsp3) is 0.444. The quantitative estimate of drug-likeness (QED) is 0.899. The van der Waals surface area contributed by atoms with Crippen LogP contribution in [0, 0.1) is 5.82 Å². The lowest BCUT2D eigenvalue weighted by Gasteiger charge is -2.32. The van der Waals surface area contributed by atoms with E-state index in [2.05, 4.69) is 15.5 Å². The molecule has 24 heavy (non-hydrogen) atoms. The van der Waals surface area contributed by atoms with Crippen LogP contribution < -0.4 is 5.32 Å². The molecule has 2 fully saturated rings. The zero-order chi connectivity index (χ0) is 16.5. The van der Waals surface area contributed by atoms with Crippen LogP contribution in [-0.2, 0) is 0 Å². The van der Waals surface area contributed by atoms with Gasteiger partial charge in [0, 0.05) is 36.6 Å². The van der Waals surface area contributed by atoms with E-state index in [0.717, 1.165) is 43.5 Å². The molecule has 0 spiro atoms. The minimum absolute atomic E-state index is 0.118. The molecule has 4 rings (SSSR count). The highest BCUT2D eigenvalue weighted by Gasteiger charge is 2.28. The summed E-state index contributed by atoms with van der Waals surface area (Å²) < 4.78 is 13.8. The number of rotatable bonds is 3. The van der Waals surface area contributed by atoms with Crippen LogP contribution >= 0.6 is 0 Å². The summed E-state index contributed by atoms with van der Waals surface area (Å²) in [4.78, 5) is 14.4. The summed E-state index contributed by atoms with van der Waals surface area (Å²) in [6.45, 7) is 1.41. The van der Waals surface area contributed by atoms with Gasteiger partial charge in [-0.1, -0.05) is 0 Å². The van der Waals surface area contributed by atoms with Gasteiger partial charge in [0.25, 0.3) is 0 Å². The number of carbonyl (C=O) groups excluding carboxylic acids is 1. The van der Waals surface area contributed by atoms with Crippen LogP contribution in [0.2, 0.25) is 0 Å². The van der Waals surface area contributed by atoms with Gasteiger partial charge < -0.3 is 10.2 Å². The van der Waals surface area contributed by atoms with Crippen molar-refractivity contribution in [2.75, 3.05) is 18.4 Å². The summed E-state index contributed by atoms with van der Waals surface area (Å²) in [5.41, 5.74) is 2.47. The Kier molecular flexibility index (Phi) is 3.96. The van der Waals surface area contributed by atoms with Gasteiger partial charge >= 0.3 is 6.03 Å². The molecule has 0 radical (unpaired) electrons. The average molecular weight is 328 g/mol. The number of nitrogens with one attached hydrogen (secondary N) is 2. The monoisotopic (exact) mass is 328 g/mol. The average Bonchev–Trinajstić information content (AvgIpc) is 3.30. The Labute approximate surface area is 140 Å². The summed E-state index contributed by atoms with van der Waals surface area (Å²) in [6.07, 6.45) is 5.83. The number of urea groups is 1. The summed E-state index contributed by atoms with van der Waals surface area (Å²) in [7, 11) is 0. The molecule has 1 aromatic carbocycles. The van der Waals surface area contributed by atoms with Gasteiger partial charge in [0.05, 0.1) is 0 Å². The standard InChI is InChI=1S/C18H21FN4O/c19-16-6-5-14(10-15(16)12-3-4-12)21-18(24)23-9-1-2-13(11-23)17-7-8-20-22-17/h5-8,10,12-13H,1-4,9,11H2,(H,20,22)(H,21,24)/t13-/m0/s1. The van der Waals surface area contributed by atoms with E-state index in [1.54, 1.807) is 18.3 Å². The molecule has 1 aliphatic carbocycles.